The molecular formula is C10H7N2O2-. The van der Waals surface area contributed by atoms with Crippen molar-refractivity contribution in [3.8, 4) is 0 Å². The van der Waals surface area contributed by atoms with E-state index < -0.39 is 5.97 Å². The molecule has 0 bridgehead atoms. The number of pyridine rings is 1. The first-order valence-electron chi connectivity index (χ1n) is 4.04. The first kappa shape index (κ1) is 8.50. The summed E-state index contributed by atoms with van der Waals surface area (Å²) in [6.07, 6.45) is 1.57. The molecule has 0 saturated carbocycles. The maximum absolute atomic E-state index is 10.7. The highest BCUT2D eigenvalue weighted by Crippen LogP contribution is 2.21. The van der Waals surface area contributed by atoms with Gasteiger partial charge in [0.2, 0.25) is 0 Å². The second-order valence-corrected chi connectivity index (χ2v) is 2.89. The van der Waals surface area contributed by atoms with Crippen molar-refractivity contribution in [2.75, 3.05) is 5.73 Å². The lowest BCUT2D eigenvalue weighted by atomic mass is 10.1. The van der Waals surface area contributed by atoms with Gasteiger partial charge in [-0.3, -0.25) is 4.98 Å². The van der Waals surface area contributed by atoms with Gasteiger partial charge in [0, 0.05) is 17.1 Å². The molecule has 0 aliphatic carbocycles. The van der Waals surface area contributed by atoms with E-state index >= 15 is 0 Å². The molecule has 1 aromatic heterocycles. The van der Waals surface area contributed by atoms with Gasteiger partial charge in [-0.2, -0.15) is 0 Å². The fourth-order valence-electron chi connectivity index (χ4n) is 1.37. The Morgan fingerprint density at radius 2 is 2.14 bits per heavy atom. The van der Waals surface area contributed by atoms with Gasteiger partial charge in [-0.15, -0.1) is 0 Å². The molecule has 1 heterocycles. The van der Waals surface area contributed by atoms with Crippen LogP contribution in [0.15, 0.2) is 30.5 Å². The lowest BCUT2D eigenvalue weighted by Crippen LogP contribution is -2.22. The van der Waals surface area contributed by atoms with Crippen molar-refractivity contribution in [3.63, 3.8) is 0 Å². The monoisotopic (exact) mass is 187 g/mol. The smallest absolute Gasteiger partial charge is 0.0937 e. The number of aromatic carboxylic acids is 1. The average molecular weight is 187 g/mol. The van der Waals surface area contributed by atoms with Gasteiger partial charge in [0.05, 0.1) is 17.2 Å². The Balaban J connectivity index is 2.88. The lowest BCUT2D eigenvalue weighted by Gasteiger charge is -2.07. The zero-order valence-corrected chi connectivity index (χ0v) is 7.23. The topological polar surface area (TPSA) is 79.0 Å². The quantitative estimate of drug-likeness (QED) is 0.646. The molecular weight excluding hydrogens is 180 g/mol. The predicted molar refractivity (Wildman–Crippen MR) is 50.5 cm³/mol. The van der Waals surface area contributed by atoms with Crippen LogP contribution < -0.4 is 10.8 Å². The molecule has 4 nitrogen and oxygen atoms in total. The number of fused-ring (bicyclic) bond motifs is 1. The average Bonchev–Trinajstić information content (AvgIpc) is 2.18. The number of hydrogen-bond acceptors (Lipinski definition) is 4. The molecule has 0 radical (unpaired) electrons. The molecule has 2 N–H and O–H groups in total. The highest BCUT2D eigenvalue weighted by atomic mass is 16.4. The van der Waals surface area contributed by atoms with Crippen molar-refractivity contribution < 1.29 is 9.90 Å². The van der Waals surface area contributed by atoms with E-state index in [1.54, 1.807) is 18.3 Å². The predicted octanol–water partition coefficient (Wildman–Crippen LogP) is 0.181. The minimum Gasteiger partial charge on any atom is -0.545 e. The van der Waals surface area contributed by atoms with Gasteiger partial charge in [0.15, 0.2) is 0 Å². The summed E-state index contributed by atoms with van der Waals surface area (Å²) in [5.41, 5.74) is 6.72. The molecule has 4 heteroatoms. The molecule has 0 saturated heterocycles. The van der Waals surface area contributed by atoms with E-state index in [0.717, 1.165) is 0 Å². The lowest BCUT2D eigenvalue weighted by molar-refractivity contribution is -0.254. The molecule has 2 aromatic rings. The summed E-state index contributed by atoms with van der Waals surface area (Å²) in [6.45, 7) is 0. The fraction of sp³-hybridized carbons (Fsp3) is 0. The van der Waals surface area contributed by atoms with Crippen LogP contribution in [0, 0.1) is 0 Å². The van der Waals surface area contributed by atoms with Crippen LogP contribution in [0.1, 0.15) is 10.4 Å². The van der Waals surface area contributed by atoms with Crippen molar-refractivity contribution in [1.82, 2.24) is 4.98 Å². The van der Waals surface area contributed by atoms with E-state index in [9.17, 15) is 9.90 Å². The van der Waals surface area contributed by atoms with Crippen molar-refractivity contribution in [2.24, 2.45) is 0 Å². The molecule has 0 aliphatic heterocycles. The molecule has 0 spiro atoms. The SMILES string of the molecule is Nc1ccc(C(=O)[O-])c2cccnc12. The van der Waals surface area contributed by atoms with Gasteiger partial charge in [0.25, 0.3) is 0 Å². The number of nitrogens with zero attached hydrogens (tertiary/aromatic N) is 1. The molecule has 70 valence electrons. The highest BCUT2D eigenvalue weighted by Gasteiger charge is 2.04. The van der Waals surface area contributed by atoms with Crippen LogP contribution in [-0.2, 0) is 0 Å². The molecule has 1 aromatic carbocycles. The molecule has 14 heavy (non-hydrogen) atoms. The fourth-order valence-corrected chi connectivity index (χ4v) is 1.37. The second-order valence-electron chi connectivity index (χ2n) is 2.89. The molecule has 0 unspecified atom stereocenters. The summed E-state index contributed by atoms with van der Waals surface area (Å²) in [5, 5.41) is 11.3. The molecule has 0 amide bonds. The van der Waals surface area contributed by atoms with Crippen LogP contribution in [0.3, 0.4) is 0 Å². The van der Waals surface area contributed by atoms with Crippen LogP contribution in [0.2, 0.25) is 0 Å². The van der Waals surface area contributed by atoms with Gasteiger partial charge in [-0.05, 0) is 12.1 Å². The van der Waals surface area contributed by atoms with Crippen LogP contribution in [0.25, 0.3) is 10.9 Å². The number of nitrogen functional groups attached to an aromatic ring is 1. The minimum absolute atomic E-state index is 0.113. The molecule has 0 atom stereocenters. The second kappa shape index (κ2) is 2.99. The summed E-state index contributed by atoms with van der Waals surface area (Å²) < 4.78 is 0. The van der Waals surface area contributed by atoms with Gasteiger partial charge in [-0.25, -0.2) is 0 Å². The Bertz CT molecular complexity index is 508. The third-order valence-corrected chi connectivity index (χ3v) is 2.02. The Kier molecular flexibility index (Phi) is 1.81. The first-order valence-corrected chi connectivity index (χ1v) is 4.04. The highest BCUT2D eigenvalue weighted by molar-refractivity contribution is 6.04. The summed E-state index contributed by atoms with van der Waals surface area (Å²) in [5.74, 6) is -1.22. The number of aromatic nitrogens is 1. The van der Waals surface area contributed by atoms with Crippen LogP contribution in [0.4, 0.5) is 5.69 Å². The van der Waals surface area contributed by atoms with Crippen molar-refractivity contribution in [1.29, 1.82) is 0 Å². The summed E-state index contributed by atoms with van der Waals surface area (Å²) in [6, 6.07) is 6.26. The number of carboxylic acids is 1. The van der Waals surface area contributed by atoms with E-state index in [0.29, 0.717) is 16.6 Å². The van der Waals surface area contributed by atoms with Gasteiger partial charge in [0.1, 0.15) is 0 Å². The number of carbonyl (C=O) groups excluding carboxylic acids is 1. The molecule has 2 rings (SSSR count). The first-order chi connectivity index (χ1) is 6.70. The van der Waals surface area contributed by atoms with E-state index in [-0.39, 0.29) is 5.56 Å². The van der Waals surface area contributed by atoms with Gasteiger partial charge >= 0.3 is 0 Å². The third-order valence-electron chi connectivity index (χ3n) is 2.02. The van der Waals surface area contributed by atoms with Crippen molar-refractivity contribution in [3.05, 3.63) is 36.0 Å². The normalized spacial score (nSPS) is 10.3. The number of nitrogens with two attached hydrogens (primary N) is 1. The standard InChI is InChI=1S/C10H8N2O2/c11-8-4-3-7(10(13)14)6-2-1-5-12-9(6)8/h1-5H,11H2,(H,13,14)/p-1. The van der Waals surface area contributed by atoms with E-state index in [2.05, 4.69) is 4.98 Å². The zero-order valence-electron chi connectivity index (χ0n) is 7.23. The number of carboxylic acid groups (broad SMARTS) is 1. The van der Waals surface area contributed by atoms with Gasteiger partial charge in [-0.1, -0.05) is 12.1 Å². The Labute approximate surface area is 80.0 Å². The number of carbonyl (C=O) groups is 1. The Hall–Kier alpha value is -2.10. The summed E-state index contributed by atoms with van der Waals surface area (Å²) in [7, 11) is 0. The Morgan fingerprint density at radius 3 is 2.86 bits per heavy atom. The van der Waals surface area contributed by atoms with Crippen molar-refractivity contribution >= 4 is 22.6 Å². The van der Waals surface area contributed by atoms with E-state index in [1.165, 1.54) is 12.1 Å². The molecule has 0 fully saturated rings. The van der Waals surface area contributed by atoms with E-state index in [4.69, 9.17) is 5.73 Å². The molecule has 0 aliphatic rings. The summed E-state index contributed by atoms with van der Waals surface area (Å²) in [4.78, 5) is 14.8. The largest absolute Gasteiger partial charge is 0.545 e. The maximum Gasteiger partial charge on any atom is 0.0937 e. The van der Waals surface area contributed by atoms with E-state index in [1.807, 2.05) is 0 Å². The number of rotatable bonds is 1. The summed E-state index contributed by atoms with van der Waals surface area (Å²) >= 11 is 0. The Morgan fingerprint density at radius 1 is 1.36 bits per heavy atom. The third kappa shape index (κ3) is 1.17. The zero-order chi connectivity index (χ0) is 10.1. The van der Waals surface area contributed by atoms with Crippen LogP contribution >= 0.6 is 0 Å². The maximum atomic E-state index is 10.7. The van der Waals surface area contributed by atoms with Crippen molar-refractivity contribution in [2.45, 2.75) is 0 Å². The minimum atomic E-state index is -1.22. The van der Waals surface area contributed by atoms with Crippen LogP contribution in [-0.4, -0.2) is 11.0 Å². The van der Waals surface area contributed by atoms with Crippen LogP contribution in [0.5, 0.6) is 0 Å². The van der Waals surface area contributed by atoms with Gasteiger partial charge < -0.3 is 15.6 Å². The number of benzene rings is 1. The number of anilines is 1. The number of hydrogen-bond donors (Lipinski definition) is 1.